The maximum atomic E-state index is 11.9. The Kier molecular flexibility index (Phi) is 6.97. The Bertz CT molecular complexity index is 574. The van der Waals surface area contributed by atoms with Gasteiger partial charge < -0.3 is 10.1 Å². The van der Waals surface area contributed by atoms with Crippen molar-refractivity contribution in [3.05, 3.63) is 33.8 Å². The number of halogens is 1. The largest absolute Gasteiger partial charge is 0.493 e. The van der Waals surface area contributed by atoms with Crippen LogP contribution in [0.2, 0.25) is 0 Å². The third-order valence-electron chi connectivity index (χ3n) is 2.52. The van der Waals surface area contributed by atoms with E-state index in [4.69, 9.17) is 4.74 Å². The second-order valence-electron chi connectivity index (χ2n) is 4.83. The predicted octanol–water partition coefficient (Wildman–Crippen LogP) is 3.67. The van der Waals surface area contributed by atoms with E-state index in [9.17, 15) is 10.1 Å². The molecule has 0 aliphatic carbocycles. The Hall–Kier alpha value is -1.80. The number of benzene rings is 1. The topological polar surface area (TPSA) is 62.1 Å². The van der Waals surface area contributed by atoms with E-state index >= 15 is 0 Å². The van der Waals surface area contributed by atoms with E-state index in [1.165, 1.54) is 0 Å². The van der Waals surface area contributed by atoms with Gasteiger partial charge in [0.1, 0.15) is 17.4 Å². The molecular formula is C16H19BrN2O2. The van der Waals surface area contributed by atoms with Gasteiger partial charge in [-0.1, -0.05) is 22.9 Å². The Balaban J connectivity index is 3.12. The number of ether oxygens (including phenoxy) is 1. The Labute approximate surface area is 133 Å². The summed E-state index contributed by atoms with van der Waals surface area (Å²) in [7, 11) is 0. The predicted molar refractivity (Wildman–Crippen MR) is 86.8 cm³/mol. The molecule has 0 aromatic heterocycles. The molecule has 1 aromatic carbocycles. The maximum Gasteiger partial charge on any atom is 0.262 e. The summed E-state index contributed by atoms with van der Waals surface area (Å²) in [6, 6.07) is 7.42. The van der Waals surface area contributed by atoms with E-state index in [2.05, 4.69) is 21.2 Å². The molecule has 0 unspecified atom stereocenters. The Morgan fingerprint density at radius 1 is 1.52 bits per heavy atom. The van der Waals surface area contributed by atoms with E-state index in [0.29, 0.717) is 17.9 Å². The van der Waals surface area contributed by atoms with Crippen LogP contribution < -0.4 is 10.1 Å². The average molecular weight is 351 g/mol. The summed E-state index contributed by atoms with van der Waals surface area (Å²) < 4.78 is 6.50. The number of amides is 1. The van der Waals surface area contributed by atoms with Crippen LogP contribution in [0.3, 0.4) is 0 Å². The van der Waals surface area contributed by atoms with Gasteiger partial charge in [0, 0.05) is 16.1 Å². The summed E-state index contributed by atoms with van der Waals surface area (Å²) in [5.41, 5.74) is 0.761. The van der Waals surface area contributed by atoms with Crippen LogP contribution in [0.1, 0.15) is 32.8 Å². The summed E-state index contributed by atoms with van der Waals surface area (Å²) in [4.78, 5) is 11.9. The molecule has 1 rings (SSSR count). The SMILES string of the molecule is CCCOc1ccc(Br)cc1C=C(C#N)C(=O)NC(C)C. The van der Waals surface area contributed by atoms with Gasteiger partial charge in [-0.05, 0) is 44.5 Å². The fourth-order valence-electron chi connectivity index (χ4n) is 1.62. The molecular weight excluding hydrogens is 332 g/mol. The smallest absolute Gasteiger partial charge is 0.262 e. The first-order chi connectivity index (χ1) is 9.97. The highest BCUT2D eigenvalue weighted by Gasteiger charge is 2.12. The fourth-order valence-corrected chi connectivity index (χ4v) is 2.00. The number of carbonyl (C=O) groups is 1. The van der Waals surface area contributed by atoms with Crippen molar-refractivity contribution < 1.29 is 9.53 Å². The zero-order valence-corrected chi connectivity index (χ0v) is 14.0. The summed E-state index contributed by atoms with van der Waals surface area (Å²) in [5, 5.41) is 11.9. The lowest BCUT2D eigenvalue weighted by Crippen LogP contribution is -2.30. The summed E-state index contributed by atoms with van der Waals surface area (Å²) >= 11 is 3.39. The van der Waals surface area contributed by atoms with Crippen LogP contribution in [0.15, 0.2) is 28.2 Å². The minimum atomic E-state index is -0.381. The second kappa shape index (κ2) is 8.48. The van der Waals surface area contributed by atoms with Gasteiger partial charge in [-0.3, -0.25) is 4.79 Å². The summed E-state index contributed by atoms with van der Waals surface area (Å²) in [6.45, 7) is 6.30. The highest BCUT2D eigenvalue weighted by molar-refractivity contribution is 9.10. The van der Waals surface area contributed by atoms with Gasteiger partial charge in [0.25, 0.3) is 5.91 Å². The van der Waals surface area contributed by atoms with Crippen LogP contribution in [0.5, 0.6) is 5.75 Å². The average Bonchev–Trinajstić information content (AvgIpc) is 2.42. The van der Waals surface area contributed by atoms with Crippen LogP contribution in [0.25, 0.3) is 6.08 Å². The van der Waals surface area contributed by atoms with Crippen LogP contribution in [-0.2, 0) is 4.79 Å². The van der Waals surface area contributed by atoms with E-state index in [0.717, 1.165) is 10.9 Å². The molecule has 0 heterocycles. The lowest BCUT2D eigenvalue weighted by molar-refractivity contribution is -0.117. The van der Waals surface area contributed by atoms with Gasteiger partial charge in [-0.2, -0.15) is 5.26 Å². The molecule has 0 aliphatic rings. The number of carbonyl (C=O) groups excluding carboxylic acids is 1. The standard InChI is InChI=1S/C16H19BrN2O2/c1-4-7-21-15-6-5-14(17)9-12(15)8-13(10-18)16(20)19-11(2)3/h5-6,8-9,11H,4,7H2,1-3H3,(H,19,20). The molecule has 0 spiro atoms. The summed E-state index contributed by atoms with van der Waals surface area (Å²) in [6.07, 6.45) is 2.44. The fraction of sp³-hybridized carbons (Fsp3) is 0.375. The number of nitrogens with one attached hydrogen (secondary N) is 1. The number of nitriles is 1. The number of rotatable bonds is 6. The molecule has 0 aliphatic heterocycles. The molecule has 5 heteroatoms. The molecule has 0 fully saturated rings. The monoisotopic (exact) mass is 350 g/mol. The van der Waals surface area contributed by atoms with Crippen LogP contribution in [-0.4, -0.2) is 18.6 Å². The van der Waals surface area contributed by atoms with Gasteiger partial charge in [0.05, 0.1) is 6.61 Å². The van der Waals surface area contributed by atoms with E-state index in [1.807, 2.05) is 45.0 Å². The van der Waals surface area contributed by atoms with Gasteiger partial charge in [-0.15, -0.1) is 0 Å². The third-order valence-corrected chi connectivity index (χ3v) is 3.01. The van der Waals surface area contributed by atoms with Crippen molar-refractivity contribution in [2.24, 2.45) is 0 Å². The minimum Gasteiger partial charge on any atom is -0.493 e. The molecule has 0 radical (unpaired) electrons. The molecule has 1 amide bonds. The van der Waals surface area contributed by atoms with Crippen molar-refractivity contribution in [1.29, 1.82) is 5.26 Å². The molecule has 1 aromatic rings. The van der Waals surface area contributed by atoms with Crippen LogP contribution in [0.4, 0.5) is 0 Å². The molecule has 0 atom stereocenters. The normalized spacial score (nSPS) is 11.1. The van der Waals surface area contributed by atoms with Crippen molar-refractivity contribution in [1.82, 2.24) is 5.32 Å². The van der Waals surface area contributed by atoms with Crippen LogP contribution in [0, 0.1) is 11.3 Å². The first-order valence-corrected chi connectivity index (χ1v) is 7.62. The lowest BCUT2D eigenvalue weighted by Gasteiger charge is -2.10. The molecule has 112 valence electrons. The summed E-state index contributed by atoms with van der Waals surface area (Å²) in [5.74, 6) is 0.277. The van der Waals surface area contributed by atoms with Gasteiger partial charge in [0.2, 0.25) is 0 Å². The van der Waals surface area contributed by atoms with Gasteiger partial charge in [0.15, 0.2) is 0 Å². The second-order valence-corrected chi connectivity index (χ2v) is 5.74. The van der Waals surface area contributed by atoms with E-state index in [1.54, 1.807) is 6.08 Å². The van der Waals surface area contributed by atoms with Crippen LogP contribution >= 0.6 is 15.9 Å². The number of nitrogens with zero attached hydrogens (tertiary/aromatic N) is 1. The Morgan fingerprint density at radius 2 is 2.24 bits per heavy atom. The highest BCUT2D eigenvalue weighted by Crippen LogP contribution is 2.25. The van der Waals surface area contributed by atoms with Crippen molar-refractivity contribution in [3.8, 4) is 11.8 Å². The lowest BCUT2D eigenvalue weighted by atomic mass is 10.1. The van der Waals surface area contributed by atoms with E-state index < -0.39 is 0 Å². The van der Waals surface area contributed by atoms with Crippen molar-refractivity contribution in [3.63, 3.8) is 0 Å². The third kappa shape index (κ3) is 5.60. The maximum absolute atomic E-state index is 11.9. The molecule has 1 N–H and O–H groups in total. The molecule has 21 heavy (non-hydrogen) atoms. The van der Waals surface area contributed by atoms with Crippen molar-refractivity contribution in [2.75, 3.05) is 6.61 Å². The molecule has 0 bridgehead atoms. The quantitative estimate of drug-likeness (QED) is 0.628. The zero-order chi connectivity index (χ0) is 15.8. The number of hydrogen-bond donors (Lipinski definition) is 1. The van der Waals surface area contributed by atoms with Gasteiger partial charge >= 0.3 is 0 Å². The highest BCUT2D eigenvalue weighted by atomic mass is 79.9. The first kappa shape index (κ1) is 17.3. The molecule has 0 saturated carbocycles. The Morgan fingerprint density at radius 3 is 2.81 bits per heavy atom. The molecule has 0 saturated heterocycles. The molecule has 4 nitrogen and oxygen atoms in total. The zero-order valence-electron chi connectivity index (χ0n) is 12.4. The van der Waals surface area contributed by atoms with Crippen molar-refractivity contribution >= 4 is 27.9 Å². The number of hydrogen-bond acceptors (Lipinski definition) is 3. The first-order valence-electron chi connectivity index (χ1n) is 6.83. The van der Waals surface area contributed by atoms with Gasteiger partial charge in [-0.25, -0.2) is 0 Å². The van der Waals surface area contributed by atoms with Crippen molar-refractivity contribution in [2.45, 2.75) is 33.2 Å². The van der Waals surface area contributed by atoms with E-state index in [-0.39, 0.29) is 17.5 Å². The minimum absolute atomic E-state index is 0.0208.